The van der Waals surface area contributed by atoms with Crippen molar-refractivity contribution >= 4 is 35.0 Å². The van der Waals surface area contributed by atoms with Gasteiger partial charge in [-0.25, -0.2) is 10.1 Å². The molecule has 10 nitrogen and oxygen atoms in total. The van der Waals surface area contributed by atoms with Crippen molar-refractivity contribution in [3.8, 4) is 11.5 Å². The van der Waals surface area contributed by atoms with Crippen LogP contribution in [-0.4, -0.2) is 46.5 Å². The van der Waals surface area contributed by atoms with Gasteiger partial charge in [0.25, 0.3) is 5.95 Å². The number of hydrogen-bond donors (Lipinski definition) is 3. The van der Waals surface area contributed by atoms with Crippen molar-refractivity contribution in [1.29, 1.82) is 0 Å². The zero-order chi connectivity index (χ0) is 20.6. The summed E-state index contributed by atoms with van der Waals surface area (Å²) in [6, 6.07) is 5.16. The summed E-state index contributed by atoms with van der Waals surface area (Å²) in [5, 5.41) is 15.6. The lowest BCUT2D eigenvalue weighted by atomic mass is 9.99. The lowest BCUT2D eigenvalue weighted by molar-refractivity contribution is -0.113. The average Bonchev–Trinajstić information content (AvgIpc) is 3.11. The van der Waals surface area contributed by atoms with Gasteiger partial charge in [-0.05, 0) is 37.8 Å². The second-order valence-electron chi connectivity index (χ2n) is 6.43. The van der Waals surface area contributed by atoms with Gasteiger partial charge >= 0.3 is 0 Å². The number of thioether (sulfide) groups is 1. The number of methoxy groups -OCH3 is 2. The zero-order valence-electron chi connectivity index (χ0n) is 16.5. The summed E-state index contributed by atoms with van der Waals surface area (Å²) >= 11 is 1.18. The van der Waals surface area contributed by atoms with E-state index < -0.39 is 0 Å². The van der Waals surface area contributed by atoms with Crippen molar-refractivity contribution in [2.75, 3.05) is 36.6 Å². The summed E-state index contributed by atoms with van der Waals surface area (Å²) in [7, 11) is 3.10. The molecular formula is C18H25N7O3S. The van der Waals surface area contributed by atoms with E-state index in [1.165, 1.54) is 30.0 Å². The Morgan fingerprint density at radius 2 is 2.03 bits per heavy atom. The molecule has 1 fully saturated rings. The third-order valence-corrected chi connectivity index (χ3v) is 5.37. The van der Waals surface area contributed by atoms with Crippen molar-refractivity contribution in [2.45, 2.75) is 37.3 Å². The number of anilines is 2. The standard InChI is InChI=1S/C18H25N7O3S/c1-27-13-8-9-14(15(10-13)28-2)20-16(26)11-29-18-24-23-17(25(18)19)22-21-12-6-4-3-5-7-12/h8-10H,3-7,11,19H2,1-2H3,(H,20,26)(H,22,23). The Kier molecular flexibility index (Phi) is 7.17. The van der Waals surface area contributed by atoms with Gasteiger partial charge in [0.2, 0.25) is 11.1 Å². The highest BCUT2D eigenvalue weighted by Crippen LogP contribution is 2.29. The number of rotatable bonds is 8. The molecule has 1 aliphatic rings. The van der Waals surface area contributed by atoms with Gasteiger partial charge in [0.05, 0.1) is 25.7 Å². The number of hydrazone groups is 1. The maximum absolute atomic E-state index is 12.3. The quantitative estimate of drug-likeness (QED) is 0.338. The molecule has 0 unspecified atom stereocenters. The minimum Gasteiger partial charge on any atom is -0.497 e. The first-order valence-electron chi connectivity index (χ1n) is 9.27. The number of benzene rings is 1. The van der Waals surface area contributed by atoms with Crippen LogP contribution in [0.5, 0.6) is 11.5 Å². The second-order valence-corrected chi connectivity index (χ2v) is 7.37. The number of nitrogens with one attached hydrogen (secondary N) is 2. The van der Waals surface area contributed by atoms with E-state index in [9.17, 15) is 4.79 Å². The summed E-state index contributed by atoms with van der Waals surface area (Å²) in [6.45, 7) is 0. The van der Waals surface area contributed by atoms with E-state index in [1.807, 2.05) is 0 Å². The van der Waals surface area contributed by atoms with Gasteiger partial charge in [-0.2, -0.15) is 5.10 Å². The molecule has 1 aromatic heterocycles. The molecule has 0 bridgehead atoms. The highest BCUT2D eigenvalue weighted by molar-refractivity contribution is 7.99. The monoisotopic (exact) mass is 419 g/mol. The van der Waals surface area contributed by atoms with E-state index in [0.717, 1.165) is 31.4 Å². The van der Waals surface area contributed by atoms with Crippen LogP contribution in [0, 0.1) is 0 Å². The molecule has 0 aliphatic heterocycles. The molecule has 1 amide bonds. The predicted octanol–water partition coefficient (Wildman–Crippen LogP) is 2.47. The number of ether oxygens (including phenoxy) is 2. The molecule has 1 heterocycles. The molecular weight excluding hydrogens is 394 g/mol. The van der Waals surface area contributed by atoms with Gasteiger partial charge in [0, 0.05) is 11.8 Å². The Hall–Kier alpha value is -2.95. The molecule has 156 valence electrons. The Balaban J connectivity index is 1.55. The third kappa shape index (κ3) is 5.53. The Bertz CT molecular complexity index is 876. The number of carbonyl (C=O) groups excluding carboxylic acids is 1. The van der Waals surface area contributed by atoms with E-state index in [2.05, 4.69) is 26.0 Å². The number of hydrogen-bond acceptors (Lipinski definition) is 9. The third-order valence-electron chi connectivity index (χ3n) is 4.42. The van der Waals surface area contributed by atoms with E-state index in [0.29, 0.717) is 28.3 Å². The fourth-order valence-corrected chi connectivity index (χ4v) is 3.53. The van der Waals surface area contributed by atoms with Crippen molar-refractivity contribution in [3.05, 3.63) is 18.2 Å². The first-order valence-corrected chi connectivity index (χ1v) is 10.3. The lowest BCUT2D eigenvalue weighted by Gasteiger charge is -2.12. The maximum atomic E-state index is 12.3. The lowest BCUT2D eigenvalue weighted by Crippen LogP contribution is -2.17. The second kappa shape index (κ2) is 10.0. The van der Waals surface area contributed by atoms with Gasteiger partial charge in [-0.3, -0.25) is 4.79 Å². The first-order chi connectivity index (χ1) is 14.1. The summed E-state index contributed by atoms with van der Waals surface area (Å²) in [6.07, 6.45) is 5.54. The summed E-state index contributed by atoms with van der Waals surface area (Å²) < 4.78 is 11.7. The van der Waals surface area contributed by atoms with Crippen LogP contribution in [0.15, 0.2) is 28.5 Å². The average molecular weight is 420 g/mol. The summed E-state index contributed by atoms with van der Waals surface area (Å²) in [5.74, 6) is 7.38. The number of nitrogens with two attached hydrogens (primary N) is 1. The van der Waals surface area contributed by atoms with Crippen molar-refractivity contribution in [3.63, 3.8) is 0 Å². The Labute approximate surface area is 173 Å². The van der Waals surface area contributed by atoms with Crippen LogP contribution >= 0.6 is 11.8 Å². The topological polar surface area (TPSA) is 129 Å². The molecule has 11 heteroatoms. The van der Waals surface area contributed by atoms with Gasteiger partial charge < -0.3 is 20.6 Å². The summed E-state index contributed by atoms with van der Waals surface area (Å²) in [4.78, 5) is 12.3. The van der Waals surface area contributed by atoms with Crippen LogP contribution in [0.2, 0.25) is 0 Å². The number of nitrogen functional groups attached to an aromatic ring is 1. The molecule has 4 N–H and O–H groups in total. The molecule has 0 saturated heterocycles. The first kappa shape index (κ1) is 20.8. The molecule has 0 radical (unpaired) electrons. The fraction of sp³-hybridized carbons (Fsp3) is 0.444. The number of aromatic nitrogens is 3. The van der Waals surface area contributed by atoms with E-state index in [4.69, 9.17) is 15.3 Å². The smallest absolute Gasteiger partial charge is 0.264 e. The molecule has 1 saturated carbocycles. The molecule has 29 heavy (non-hydrogen) atoms. The minimum absolute atomic E-state index is 0.110. The highest BCUT2D eigenvalue weighted by atomic mass is 32.2. The predicted molar refractivity (Wildman–Crippen MR) is 113 cm³/mol. The van der Waals surface area contributed by atoms with E-state index >= 15 is 0 Å². The van der Waals surface area contributed by atoms with Gasteiger partial charge in [0.15, 0.2) is 0 Å². The van der Waals surface area contributed by atoms with Gasteiger partial charge in [-0.15, -0.1) is 10.2 Å². The molecule has 3 rings (SSSR count). The van der Waals surface area contributed by atoms with Gasteiger partial charge in [-0.1, -0.05) is 18.2 Å². The maximum Gasteiger partial charge on any atom is 0.264 e. The molecule has 0 atom stereocenters. The van der Waals surface area contributed by atoms with E-state index in [1.54, 1.807) is 25.3 Å². The number of carbonyl (C=O) groups is 1. The Morgan fingerprint density at radius 1 is 1.24 bits per heavy atom. The van der Waals surface area contributed by atoms with Crippen LogP contribution in [0.3, 0.4) is 0 Å². The normalized spacial score (nSPS) is 13.7. The number of amides is 1. The van der Waals surface area contributed by atoms with Crippen molar-refractivity contribution in [2.24, 2.45) is 5.10 Å². The Morgan fingerprint density at radius 3 is 2.76 bits per heavy atom. The summed E-state index contributed by atoms with van der Waals surface area (Å²) in [5.41, 5.74) is 4.53. The SMILES string of the molecule is COc1ccc(NC(=O)CSc2nnc(NN=C3CCCCC3)n2N)c(OC)c1. The van der Waals surface area contributed by atoms with Crippen molar-refractivity contribution < 1.29 is 14.3 Å². The number of nitrogens with zero attached hydrogens (tertiary/aromatic N) is 4. The van der Waals surface area contributed by atoms with Crippen LogP contribution in [-0.2, 0) is 4.79 Å². The fourth-order valence-electron chi connectivity index (χ4n) is 2.87. The minimum atomic E-state index is -0.224. The molecule has 1 aromatic carbocycles. The molecule has 0 spiro atoms. The van der Waals surface area contributed by atoms with Crippen LogP contribution in [0.25, 0.3) is 0 Å². The van der Waals surface area contributed by atoms with Crippen LogP contribution in [0.1, 0.15) is 32.1 Å². The molecule has 1 aliphatic carbocycles. The largest absolute Gasteiger partial charge is 0.497 e. The van der Waals surface area contributed by atoms with Crippen LogP contribution in [0.4, 0.5) is 11.6 Å². The van der Waals surface area contributed by atoms with E-state index in [-0.39, 0.29) is 11.7 Å². The highest BCUT2D eigenvalue weighted by Gasteiger charge is 2.14. The van der Waals surface area contributed by atoms with Crippen molar-refractivity contribution in [1.82, 2.24) is 14.9 Å². The van der Waals surface area contributed by atoms with Gasteiger partial charge in [0.1, 0.15) is 11.5 Å². The molecule has 2 aromatic rings. The van der Waals surface area contributed by atoms with Crippen LogP contribution < -0.4 is 26.1 Å². The zero-order valence-corrected chi connectivity index (χ0v) is 17.3.